The van der Waals surface area contributed by atoms with Gasteiger partial charge in [0.05, 0.1) is 0 Å². The normalized spacial score (nSPS) is 11.3. The molecular formula is C13H24N4S. The zero-order valence-electron chi connectivity index (χ0n) is 12.0. The fraction of sp³-hybridized carbons (Fsp3) is 0.692. The van der Waals surface area contributed by atoms with Gasteiger partial charge in [0.25, 0.3) is 0 Å². The molecule has 1 aromatic heterocycles. The fourth-order valence-corrected chi connectivity index (χ4v) is 2.40. The van der Waals surface area contributed by atoms with Crippen molar-refractivity contribution in [3.05, 3.63) is 11.9 Å². The van der Waals surface area contributed by atoms with E-state index in [0.29, 0.717) is 5.92 Å². The minimum atomic E-state index is 0.358. The molecule has 18 heavy (non-hydrogen) atoms. The first-order chi connectivity index (χ1) is 8.52. The van der Waals surface area contributed by atoms with Crippen LogP contribution in [0.25, 0.3) is 0 Å². The average Bonchev–Trinajstić information content (AvgIpc) is 2.28. The van der Waals surface area contributed by atoms with Crippen molar-refractivity contribution in [1.29, 1.82) is 0 Å². The number of thioether (sulfide) groups is 1. The van der Waals surface area contributed by atoms with E-state index in [4.69, 9.17) is 0 Å². The van der Waals surface area contributed by atoms with Gasteiger partial charge in [0.15, 0.2) is 0 Å². The van der Waals surface area contributed by atoms with Crippen molar-refractivity contribution in [3.63, 3.8) is 0 Å². The van der Waals surface area contributed by atoms with Gasteiger partial charge >= 0.3 is 0 Å². The van der Waals surface area contributed by atoms with Gasteiger partial charge in [0, 0.05) is 30.8 Å². The van der Waals surface area contributed by atoms with E-state index in [1.54, 1.807) is 11.8 Å². The van der Waals surface area contributed by atoms with Crippen LogP contribution in [0.5, 0.6) is 0 Å². The number of anilines is 1. The number of hydrogen-bond donors (Lipinski definition) is 1. The fourth-order valence-electron chi connectivity index (χ4n) is 1.38. The Balaban J connectivity index is 2.75. The van der Waals surface area contributed by atoms with Crippen LogP contribution in [0.3, 0.4) is 0 Å². The molecule has 4 nitrogen and oxygen atoms in total. The van der Waals surface area contributed by atoms with Gasteiger partial charge in [-0.2, -0.15) is 0 Å². The molecule has 0 fully saturated rings. The lowest BCUT2D eigenvalue weighted by Gasteiger charge is -2.12. The second kappa shape index (κ2) is 7.59. The monoisotopic (exact) mass is 268 g/mol. The summed E-state index contributed by atoms with van der Waals surface area (Å²) in [5.74, 6) is 3.26. The van der Waals surface area contributed by atoms with Gasteiger partial charge in [-0.3, -0.25) is 0 Å². The predicted octanol–water partition coefficient (Wildman–Crippen LogP) is 2.69. The molecule has 0 aliphatic carbocycles. The first kappa shape index (κ1) is 15.2. The van der Waals surface area contributed by atoms with Crippen LogP contribution in [-0.2, 0) is 0 Å². The Hall–Kier alpha value is -0.810. The molecule has 0 amide bonds. The largest absolute Gasteiger partial charge is 0.370 e. The summed E-state index contributed by atoms with van der Waals surface area (Å²) in [5.41, 5.74) is 0. The molecule has 0 bridgehead atoms. The summed E-state index contributed by atoms with van der Waals surface area (Å²) >= 11 is 1.79. The van der Waals surface area contributed by atoms with Crippen molar-refractivity contribution < 1.29 is 0 Å². The molecule has 0 saturated carbocycles. The van der Waals surface area contributed by atoms with E-state index in [-0.39, 0.29) is 0 Å². The number of rotatable bonds is 7. The Kier molecular flexibility index (Phi) is 6.43. The van der Waals surface area contributed by atoms with E-state index in [0.717, 1.165) is 35.5 Å². The van der Waals surface area contributed by atoms with Crippen molar-refractivity contribution >= 4 is 17.6 Å². The molecule has 5 heteroatoms. The molecule has 1 aromatic rings. The molecular weight excluding hydrogens is 244 g/mol. The first-order valence-corrected chi connectivity index (χ1v) is 7.41. The van der Waals surface area contributed by atoms with Crippen LogP contribution in [-0.4, -0.2) is 47.8 Å². The van der Waals surface area contributed by atoms with Crippen molar-refractivity contribution in [2.24, 2.45) is 0 Å². The minimum Gasteiger partial charge on any atom is -0.370 e. The van der Waals surface area contributed by atoms with E-state index in [1.165, 1.54) is 0 Å². The SMILES string of the molecule is CCNc1cc(SCCN(C)C)nc(C(C)C)n1. The maximum absolute atomic E-state index is 4.61. The van der Waals surface area contributed by atoms with E-state index < -0.39 is 0 Å². The molecule has 102 valence electrons. The highest BCUT2D eigenvalue weighted by atomic mass is 32.2. The number of aromatic nitrogens is 2. The van der Waals surface area contributed by atoms with Crippen molar-refractivity contribution in [2.75, 3.05) is 38.3 Å². The number of hydrogen-bond acceptors (Lipinski definition) is 5. The Morgan fingerprint density at radius 1 is 1.33 bits per heavy atom. The van der Waals surface area contributed by atoms with E-state index in [1.807, 2.05) is 6.07 Å². The summed E-state index contributed by atoms with van der Waals surface area (Å²) in [7, 11) is 4.17. The van der Waals surface area contributed by atoms with E-state index in [9.17, 15) is 0 Å². The summed E-state index contributed by atoms with van der Waals surface area (Å²) in [6.45, 7) is 8.27. The maximum Gasteiger partial charge on any atom is 0.134 e. The first-order valence-electron chi connectivity index (χ1n) is 6.43. The predicted molar refractivity (Wildman–Crippen MR) is 79.6 cm³/mol. The molecule has 0 unspecified atom stereocenters. The van der Waals surface area contributed by atoms with Crippen molar-refractivity contribution in [3.8, 4) is 0 Å². The van der Waals surface area contributed by atoms with Gasteiger partial charge in [-0.05, 0) is 21.0 Å². The maximum atomic E-state index is 4.61. The van der Waals surface area contributed by atoms with Crippen LogP contribution in [0, 0.1) is 0 Å². The van der Waals surface area contributed by atoms with Gasteiger partial charge in [-0.15, -0.1) is 11.8 Å². The van der Waals surface area contributed by atoms with Crippen LogP contribution in [0.2, 0.25) is 0 Å². The molecule has 0 aromatic carbocycles. The summed E-state index contributed by atoms with van der Waals surface area (Å²) in [5, 5.41) is 4.33. The molecule has 0 aliphatic heterocycles. The van der Waals surface area contributed by atoms with Gasteiger partial charge in [0.1, 0.15) is 16.7 Å². The summed E-state index contributed by atoms with van der Waals surface area (Å²) in [6.07, 6.45) is 0. The Morgan fingerprint density at radius 3 is 2.61 bits per heavy atom. The molecule has 1 N–H and O–H groups in total. The van der Waals surface area contributed by atoms with Crippen LogP contribution in [0.4, 0.5) is 5.82 Å². The second-order valence-electron chi connectivity index (χ2n) is 4.79. The summed E-state index contributed by atoms with van der Waals surface area (Å²) in [6, 6.07) is 2.04. The van der Waals surface area contributed by atoms with Gasteiger partial charge in [-0.25, -0.2) is 9.97 Å². The van der Waals surface area contributed by atoms with E-state index in [2.05, 4.69) is 55.1 Å². The molecule has 0 aliphatic rings. The van der Waals surface area contributed by atoms with Crippen LogP contribution in [0.1, 0.15) is 32.5 Å². The Labute approximate surface area is 115 Å². The highest BCUT2D eigenvalue weighted by Crippen LogP contribution is 2.21. The van der Waals surface area contributed by atoms with E-state index >= 15 is 0 Å². The molecule has 0 spiro atoms. The van der Waals surface area contributed by atoms with Crippen LogP contribution < -0.4 is 5.32 Å². The lowest BCUT2D eigenvalue weighted by atomic mass is 10.2. The van der Waals surface area contributed by atoms with Gasteiger partial charge in [0.2, 0.25) is 0 Å². The molecule has 0 radical (unpaired) electrons. The lowest BCUT2D eigenvalue weighted by Crippen LogP contribution is -2.15. The second-order valence-corrected chi connectivity index (χ2v) is 5.90. The number of nitrogens with one attached hydrogen (secondary N) is 1. The standard InChI is InChI=1S/C13H24N4S/c1-6-14-11-9-12(18-8-7-17(4)5)16-13(15-11)10(2)3/h9-10H,6-8H2,1-5H3,(H,14,15,16). The Bertz CT molecular complexity index is 366. The minimum absolute atomic E-state index is 0.358. The van der Waals surface area contributed by atoms with Gasteiger partial charge in [-0.1, -0.05) is 13.8 Å². The smallest absolute Gasteiger partial charge is 0.134 e. The average molecular weight is 268 g/mol. The molecule has 0 atom stereocenters. The van der Waals surface area contributed by atoms with Crippen molar-refractivity contribution in [2.45, 2.75) is 31.7 Å². The topological polar surface area (TPSA) is 41.0 Å². The summed E-state index contributed by atoms with van der Waals surface area (Å²) in [4.78, 5) is 11.3. The number of nitrogens with zero attached hydrogens (tertiary/aromatic N) is 3. The zero-order valence-corrected chi connectivity index (χ0v) is 12.8. The van der Waals surface area contributed by atoms with Crippen LogP contribution >= 0.6 is 11.8 Å². The summed E-state index contributed by atoms with van der Waals surface area (Å²) < 4.78 is 0. The van der Waals surface area contributed by atoms with Crippen molar-refractivity contribution in [1.82, 2.24) is 14.9 Å². The third kappa shape index (κ3) is 5.23. The zero-order chi connectivity index (χ0) is 13.5. The third-order valence-electron chi connectivity index (χ3n) is 2.38. The highest BCUT2D eigenvalue weighted by Gasteiger charge is 2.08. The highest BCUT2D eigenvalue weighted by molar-refractivity contribution is 7.99. The Morgan fingerprint density at radius 2 is 2.06 bits per heavy atom. The van der Waals surface area contributed by atoms with Crippen LogP contribution in [0.15, 0.2) is 11.1 Å². The lowest BCUT2D eigenvalue weighted by molar-refractivity contribution is 0.437. The molecule has 1 heterocycles. The molecule has 1 rings (SSSR count). The third-order valence-corrected chi connectivity index (χ3v) is 3.27. The quantitative estimate of drug-likeness (QED) is 0.608. The molecule has 0 saturated heterocycles. The van der Waals surface area contributed by atoms with Gasteiger partial charge < -0.3 is 10.2 Å².